The van der Waals surface area contributed by atoms with E-state index in [9.17, 15) is 0 Å². The molecule has 0 aromatic carbocycles. The number of hydrogen-bond donors (Lipinski definition) is 1. The van der Waals surface area contributed by atoms with Gasteiger partial charge in [-0.2, -0.15) is 0 Å². The van der Waals surface area contributed by atoms with E-state index >= 15 is 0 Å². The van der Waals surface area contributed by atoms with Gasteiger partial charge in [0.25, 0.3) is 0 Å². The highest BCUT2D eigenvalue weighted by atomic mass is 16.5. The molecule has 16 heavy (non-hydrogen) atoms. The van der Waals surface area contributed by atoms with Gasteiger partial charge in [0, 0.05) is 20.2 Å². The molecule has 3 heteroatoms. The molecule has 0 amide bonds. The second-order valence-corrected chi connectivity index (χ2v) is 6.14. The van der Waals surface area contributed by atoms with E-state index in [1.54, 1.807) is 7.11 Å². The molecule has 1 N–H and O–H groups in total. The second kappa shape index (κ2) is 6.58. The first-order valence-electron chi connectivity index (χ1n) is 6.43. The Bertz CT molecular complexity index is 189. The minimum Gasteiger partial charge on any atom is -0.383 e. The molecule has 3 nitrogen and oxygen atoms in total. The number of nitrogens with one attached hydrogen (secondary N) is 1. The second-order valence-electron chi connectivity index (χ2n) is 6.14. The third-order valence-electron chi connectivity index (χ3n) is 3.07. The van der Waals surface area contributed by atoms with Gasteiger partial charge in [0.1, 0.15) is 0 Å². The minimum absolute atomic E-state index is 0.397. The lowest BCUT2D eigenvalue weighted by Gasteiger charge is -2.21. The number of nitrogens with zero attached hydrogens (tertiary/aromatic N) is 1. The molecule has 1 atom stereocenters. The molecule has 0 saturated carbocycles. The van der Waals surface area contributed by atoms with E-state index in [-0.39, 0.29) is 0 Å². The third kappa shape index (κ3) is 5.83. The summed E-state index contributed by atoms with van der Waals surface area (Å²) in [5, 5.41) is 3.59. The Morgan fingerprint density at radius 1 is 1.38 bits per heavy atom. The van der Waals surface area contributed by atoms with Gasteiger partial charge in [0.15, 0.2) is 0 Å². The molecule has 1 saturated heterocycles. The fourth-order valence-electron chi connectivity index (χ4n) is 2.15. The Labute approximate surface area is 101 Å². The number of methoxy groups -OCH3 is 1. The summed E-state index contributed by atoms with van der Waals surface area (Å²) in [5.74, 6) is 0.833. The molecule has 0 aliphatic carbocycles. The Morgan fingerprint density at radius 3 is 2.75 bits per heavy atom. The van der Waals surface area contributed by atoms with Gasteiger partial charge < -0.3 is 15.0 Å². The van der Waals surface area contributed by atoms with E-state index in [1.165, 1.54) is 26.1 Å². The molecule has 1 rings (SSSR count). The van der Waals surface area contributed by atoms with Crippen molar-refractivity contribution < 1.29 is 4.74 Å². The fraction of sp³-hybridized carbons (Fsp3) is 1.00. The van der Waals surface area contributed by atoms with Gasteiger partial charge in [-0.15, -0.1) is 0 Å². The van der Waals surface area contributed by atoms with E-state index in [2.05, 4.69) is 31.0 Å². The van der Waals surface area contributed by atoms with Crippen molar-refractivity contribution in [3.63, 3.8) is 0 Å². The molecule has 1 heterocycles. The van der Waals surface area contributed by atoms with E-state index < -0.39 is 0 Å². The minimum atomic E-state index is 0.397. The van der Waals surface area contributed by atoms with Gasteiger partial charge in [0.05, 0.1) is 6.61 Å². The van der Waals surface area contributed by atoms with Crippen LogP contribution in [0.25, 0.3) is 0 Å². The topological polar surface area (TPSA) is 24.5 Å². The van der Waals surface area contributed by atoms with Crippen LogP contribution in [-0.2, 0) is 4.74 Å². The van der Waals surface area contributed by atoms with Crippen LogP contribution in [0.15, 0.2) is 0 Å². The summed E-state index contributed by atoms with van der Waals surface area (Å²) in [6.45, 7) is 13.5. The Kier molecular flexibility index (Phi) is 5.73. The molecule has 0 radical (unpaired) electrons. The average Bonchev–Trinajstić information content (AvgIpc) is 2.61. The Morgan fingerprint density at radius 2 is 2.12 bits per heavy atom. The van der Waals surface area contributed by atoms with Crippen molar-refractivity contribution in [2.75, 3.05) is 46.4 Å². The quantitative estimate of drug-likeness (QED) is 0.747. The van der Waals surface area contributed by atoms with Gasteiger partial charge in [-0.1, -0.05) is 20.8 Å². The zero-order valence-corrected chi connectivity index (χ0v) is 11.4. The number of likely N-dealkylation sites (tertiary alicyclic amines) is 1. The molecular weight excluding hydrogens is 200 g/mol. The zero-order chi connectivity index (χ0) is 12.0. The van der Waals surface area contributed by atoms with Crippen molar-refractivity contribution in [2.24, 2.45) is 11.3 Å². The summed E-state index contributed by atoms with van der Waals surface area (Å²) in [6.07, 6.45) is 1.33. The molecule has 0 aromatic heterocycles. The van der Waals surface area contributed by atoms with Gasteiger partial charge in [0.2, 0.25) is 0 Å². The standard InChI is InChI=1S/C13H28N2O/c1-13(2,3)11-14-9-12-5-6-15(10-12)7-8-16-4/h12,14H,5-11H2,1-4H3. The fourth-order valence-corrected chi connectivity index (χ4v) is 2.15. The summed E-state index contributed by atoms with van der Waals surface area (Å²) in [6, 6.07) is 0. The monoisotopic (exact) mass is 228 g/mol. The van der Waals surface area contributed by atoms with Crippen molar-refractivity contribution in [3.8, 4) is 0 Å². The molecule has 96 valence electrons. The van der Waals surface area contributed by atoms with Crippen LogP contribution in [0, 0.1) is 11.3 Å². The number of ether oxygens (including phenoxy) is 1. The predicted octanol–water partition coefficient (Wildman–Crippen LogP) is 1.59. The van der Waals surface area contributed by atoms with Crippen molar-refractivity contribution >= 4 is 0 Å². The van der Waals surface area contributed by atoms with Crippen molar-refractivity contribution in [1.82, 2.24) is 10.2 Å². The highest BCUT2D eigenvalue weighted by molar-refractivity contribution is 4.78. The van der Waals surface area contributed by atoms with Gasteiger partial charge in [-0.3, -0.25) is 0 Å². The number of rotatable bonds is 6. The van der Waals surface area contributed by atoms with Crippen molar-refractivity contribution in [3.05, 3.63) is 0 Å². The number of hydrogen-bond acceptors (Lipinski definition) is 3. The normalized spacial score (nSPS) is 22.9. The lowest BCUT2D eigenvalue weighted by Crippen LogP contribution is -2.32. The molecule has 0 aromatic rings. The molecule has 0 spiro atoms. The summed E-state index contributed by atoms with van der Waals surface area (Å²) < 4.78 is 5.11. The highest BCUT2D eigenvalue weighted by Gasteiger charge is 2.22. The summed E-state index contributed by atoms with van der Waals surface area (Å²) >= 11 is 0. The van der Waals surface area contributed by atoms with Crippen LogP contribution in [0.3, 0.4) is 0 Å². The SMILES string of the molecule is COCCN1CCC(CNCC(C)(C)C)C1. The molecule has 1 aliphatic heterocycles. The van der Waals surface area contributed by atoms with E-state index in [4.69, 9.17) is 4.74 Å². The van der Waals surface area contributed by atoms with Crippen LogP contribution >= 0.6 is 0 Å². The van der Waals surface area contributed by atoms with Crippen LogP contribution in [0.1, 0.15) is 27.2 Å². The van der Waals surface area contributed by atoms with Gasteiger partial charge in [-0.05, 0) is 37.4 Å². The van der Waals surface area contributed by atoms with E-state index in [0.29, 0.717) is 5.41 Å². The van der Waals surface area contributed by atoms with Crippen LogP contribution in [-0.4, -0.2) is 51.3 Å². The predicted molar refractivity (Wildman–Crippen MR) is 68.7 cm³/mol. The molecule has 1 aliphatic rings. The molecular formula is C13H28N2O. The zero-order valence-electron chi connectivity index (χ0n) is 11.4. The highest BCUT2D eigenvalue weighted by Crippen LogP contribution is 2.16. The van der Waals surface area contributed by atoms with Crippen LogP contribution in [0.5, 0.6) is 0 Å². The lowest BCUT2D eigenvalue weighted by atomic mass is 9.96. The lowest BCUT2D eigenvalue weighted by molar-refractivity contribution is 0.158. The van der Waals surface area contributed by atoms with Crippen LogP contribution < -0.4 is 5.32 Å². The summed E-state index contributed by atoms with van der Waals surface area (Å²) in [4.78, 5) is 2.51. The Balaban J connectivity index is 2.07. The van der Waals surface area contributed by atoms with Crippen LogP contribution in [0.2, 0.25) is 0 Å². The Hall–Kier alpha value is -0.120. The largest absolute Gasteiger partial charge is 0.383 e. The molecule has 1 unspecified atom stereocenters. The third-order valence-corrected chi connectivity index (χ3v) is 3.07. The van der Waals surface area contributed by atoms with E-state index in [1.807, 2.05) is 0 Å². The molecule has 0 bridgehead atoms. The first-order valence-corrected chi connectivity index (χ1v) is 6.43. The van der Waals surface area contributed by atoms with Crippen LogP contribution in [0.4, 0.5) is 0 Å². The maximum atomic E-state index is 5.11. The maximum Gasteiger partial charge on any atom is 0.0589 e. The van der Waals surface area contributed by atoms with E-state index in [0.717, 1.165) is 25.6 Å². The van der Waals surface area contributed by atoms with Crippen molar-refractivity contribution in [2.45, 2.75) is 27.2 Å². The van der Waals surface area contributed by atoms with Gasteiger partial charge >= 0.3 is 0 Å². The smallest absolute Gasteiger partial charge is 0.0589 e. The first-order chi connectivity index (χ1) is 7.51. The van der Waals surface area contributed by atoms with Gasteiger partial charge in [-0.25, -0.2) is 0 Å². The summed E-state index contributed by atoms with van der Waals surface area (Å²) in [7, 11) is 1.78. The van der Waals surface area contributed by atoms with Crippen molar-refractivity contribution in [1.29, 1.82) is 0 Å². The average molecular weight is 228 g/mol. The summed E-state index contributed by atoms with van der Waals surface area (Å²) in [5.41, 5.74) is 0.397. The maximum absolute atomic E-state index is 5.11. The molecule has 1 fully saturated rings. The first kappa shape index (κ1) is 13.9.